The van der Waals surface area contributed by atoms with E-state index in [4.69, 9.17) is 5.11 Å². The van der Waals surface area contributed by atoms with Gasteiger partial charge in [-0.15, -0.1) is 0 Å². The van der Waals surface area contributed by atoms with E-state index in [1.54, 1.807) is 6.07 Å². The van der Waals surface area contributed by atoms with Crippen LogP contribution in [0.15, 0.2) is 22.7 Å². The van der Waals surface area contributed by atoms with E-state index >= 15 is 0 Å². The van der Waals surface area contributed by atoms with Crippen LogP contribution in [-0.2, 0) is 0 Å². The molecule has 3 nitrogen and oxygen atoms in total. The quantitative estimate of drug-likeness (QED) is 0.811. The van der Waals surface area contributed by atoms with Crippen molar-refractivity contribution in [2.75, 3.05) is 11.9 Å². The fourth-order valence-corrected chi connectivity index (χ4v) is 3.59. The lowest BCUT2D eigenvalue weighted by Gasteiger charge is -2.26. The standard InChI is InChI=1S/C16H22BrNO2/c1-11-3-2-4-12(9-11)7-8-18-13-5-6-14(16(19)20)15(17)10-13/h5-6,10-12,18H,2-4,7-9H2,1H3,(H,19,20). The Morgan fingerprint density at radius 3 is 2.90 bits per heavy atom. The molecule has 0 saturated heterocycles. The highest BCUT2D eigenvalue weighted by atomic mass is 79.9. The minimum absolute atomic E-state index is 0.302. The van der Waals surface area contributed by atoms with E-state index in [9.17, 15) is 4.79 Å². The first-order chi connectivity index (χ1) is 9.56. The molecule has 1 aliphatic carbocycles. The maximum atomic E-state index is 10.9. The minimum atomic E-state index is -0.903. The number of carboxylic acids is 1. The Bertz CT molecular complexity index is 476. The summed E-state index contributed by atoms with van der Waals surface area (Å²) in [5.41, 5.74) is 1.28. The molecule has 4 heteroatoms. The van der Waals surface area contributed by atoms with Crippen LogP contribution in [0.2, 0.25) is 0 Å². The number of carbonyl (C=O) groups is 1. The van der Waals surface area contributed by atoms with Gasteiger partial charge in [-0.25, -0.2) is 4.79 Å². The van der Waals surface area contributed by atoms with E-state index < -0.39 is 5.97 Å². The Morgan fingerprint density at radius 2 is 2.25 bits per heavy atom. The van der Waals surface area contributed by atoms with Crippen LogP contribution in [0.1, 0.15) is 49.4 Å². The molecular formula is C16H22BrNO2. The van der Waals surface area contributed by atoms with Gasteiger partial charge in [0.1, 0.15) is 0 Å². The summed E-state index contributed by atoms with van der Waals surface area (Å²) in [6, 6.07) is 5.31. The van der Waals surface area contributed by atoms with Crippen molar-refractivity contribution in [2.45, 2.75) is 39.0 Å². The molecule has 1 aliphatic rings. The molecule has 1 aromatic rings. The fourth-order valence-electron chi connectivity index (χ4n) is 3.04. The molecule has 2 rings (SSSR count). The smallest absolute Gasteiger partial charge is 0.336 e. The summed E-state index contributed by atoms with van der Waals surface area (Å²) in [5.74, 6) is 0.811. The van der Waals surface area contributed by atoms with Crippen LogP contribution in [0.5, 0.6) is 0 Å². The Kier molecular flexibility index (Phi) is 5.46. The number of aromatic carboxylic acids is 1. The van der Waals surface area contributed by atoms with E-state index in [-0.39, 0.29) is 0 Å². The summed E-state index contributed by atoms with van der Waals surface area (Å²) in [6.07, 6.45) is 6.65. The number of hydrogen-bond donors (Lipinski definition) is 2. The van der Waals surface area contributed by atoms with Gasteiger partial charge in [0, 0.05) is 16.7 Å². The number of benzene rings is 1. The average Bonchev–Trinajstić information content (AvgIpc) is 2.38. The zero-order valence-corrected chi connectivity index (χ0v) is 13.4. The SMILES string of the molecule is CC1CCCC(CCNc2ccc(C(=O)O)c(Br)c2)C1. The lowest BCUT2D eigenvalue weighted by molar-refractivity contribution is 0.0696. The first-order valence-electron chi connectivity index (χ1n) is 7.33. The largest absolute Gasteiger partial charge is 0.478 e. The number of nitrogens with one attached hydrogen (secondary N) is 1. The van der Waals surface area contributed by atoms with Crippen molar-refractivity contribution < 1.29 is 9.90 Å². The van der Waals surface area contributed by atoms with Gasteiger partial charge in [-0.3, -0.25) is 0 Å². The van der Waals surface area contributed by atoms with E-state index in [2.05, 4.69) is 28.2 Å². The molecule has 0 heterocycles. The van der Waals surface area contributed by atoms with Gasteiger partial charge in [-0.2, -0.15) is 0 Å². The van der Waals surface area contributed by atoms with Crippen molar-refractivity contribution >= 4 is 27.6 Å². The predicted octanol–water partition coefficient (Wildman–Crippen LogP) is 4.78. The highest BCUT2D eigenvalue weighted by Gasteiger charge is 2.18. The molecule has 1 fully saturated rings. The number of halogens is 1. The van der Waals surface area contributed by atoms with Crippen molar-refractivity contribution in [1.82, 2.24) is 0 Å². The summed E-state index contributed by atoms with van der Waals surface area (Å²) in [4.78, 5) is 10.9. The maximum Gasteiger partial charge on any atom is 0.336 e. The minimum Gasteiger partial charge on any atom is -0.478 e. The number of anilines is 1. The normalized spacial score (nSPS) is 22.5. The molecule has 0 amide bonds. The van der Waals surface area contributed by atoms with Crippen LogP contribution in [0.4, 0.5) is 5.69 Å². The molecule has 1 aromatic carbocycles. The number of hydrogen-bond acceptors (Lipinski definition) is 2. The van der Waals surface area contributed by atoms with Crippen LogP contribution in [0, 0.1) is 11.8 Å². The topological polar surface area (TPSA) is 49.3 Å². The molecule has 110 valence electrons. The highest BCUT2D eigenvalue weighted by molar-refractivity contribution is 9.10. The second-order valence-corrected chi connectivity index (χ2v) is 6.71. The summed E-state index contributed by atoms with van der Waals surface area (Å²) in [7, 11) is 0. The van der Waals surface area contributed by atoms with Gasteiger partial charge >= 0.3 is 5.97 Å². The Labute approximate surface area is 128 Å². The molecular weight excluding hydrogens is 318 g/mol. The summed E-state index contributed by atoms with van der Waals surface area (Å²) in [5, 5.41) is 12.4. The Hall–Kier alpha value is -1.03. The third kappa shape index (κ3) is 4.23. The third-order valence-electron chi connectivity index (χ3n) is 4.13. The van der Waals surface area contributed by atoms with E-state index in [0.717, 1.165) is 24.1 Å². The van der Waals surface area contributed by atoms with Crippen LogP contribution < -0.4 is 5.32 Å². The molecule has 0 radical (unpaired) electrons. The zero-order chi connectivity index (χ0) is 14.5. The molecule has 20 heavy (non-hydrogen) atoms. The molecule has 2 atom stereocenters. The Morgan fingerprint density at radius 1 is 1.45 bits per heavy atom. The molecule has 0 spiro atoms. The van der Waals surface area contributed by atoms with Gasteiger partial charge in [0.15, 0.2) is 0 Å². The Balaban J connectivity index is 1.82. The summed E-state index contributed by atoms with van der Waals surface area (Å²) < 4.78 is 0.626. The lowest BCUT2D eigenvalue weighted by Crippen LogP contribution is -2.16. The average molecular weight is 340 g/mol. The van der Waals surface area contributed by atoms with E-state index in [1.807, 2.05) is 12.1 Å². The van der Waals surface area contributed by atoms with Gasteiger partial charge in [-0.1, -0.05) is 26.2 Å². The number of carboxylic acid groups (broad SMARTS) is 1. The molecule has 2 N–H and O–H groups in total. The molecule has 0 aromatic heterocycles. The molecule has 0 aliphatic heterocycles. The third-order valence-corrected chi connectivity index (χ3v) is 4.78. The lowest BCUT2D eigenvalue weighted by atomic mass is 9.81. The van der Waals surface area contributed by atoms with Crippen LogP contribution in [0.25, 0.3) is 0 Å². The maximum absolute atomic E-state index is 10.9. The number of rotatable bonds is 5. The van der Waals surface area contributed by atoms with Crippen molar-refractivity contribution in [1.29, 1.82) is 0 Å². The monoisotopic (exact) mass is 339 g/mol. The molecule has 1 saturated carbocycles. The van der Waals surface area contributed by atoms with Gasteiger partial charge in [0.05, 0.1) is 5.56 Å². The molecule has 0 bridgehead atoms. The fraction of sp³-hybridized carbons (Fsp3) is 0.562. The summed E-state index contributed by atoms with van der Waals surface area (Å²) in [6.45, 7) is 3.30. The van der Waals surface area contributed by atoms with Gasteiger partial charge in [0.25, 0.3) is 0 Å². The van der Waals surface area contributed by atoms with Gasteiger partial charge in [0.2, 0.25) is 0 Å². The predicted molar refractivity (Wildman–Crippen MR) is 85.3 cm³/mol. The highest BCUT2D eigenvalue weighted by Crippen LogP contribution is 2.30. The van der Waals surface area contributed by atoms with Crippen molar-refractivity contribution in [3.8, 4) is 0 Å². The molecule has 2 unspecified atom stereocenters. The second-order valence-electron chi connectivity index (χ2n) is 5.85. The first-order valence-corrected chi connectivity index (χ1v) is 8.12. The van der Waals surface area contributed by atoms with Crippen LogP contribution >= 0.6 is 15.9 Å². The van der Waals surface area contributed by atoms with Crippen molar-refractivity contribution in [3.63, 3.8) is 0 Å². The van der Waals surface area contributed by atoms with Crippen LogP contribution in [0.3, 0.4) is 0 Å². The van der Waals surface area contributed by atoms with Crippen LogP contribution in [-0.4, -0.2) is 17.6 Å². The second kappa shape index (κ2) is 7.11. The van der Waals surface area contributed by atoms with Gasteiger partial charge in [-0.05, 0) is 58.8 Å². The van der Waals surface area contributed by atoms with E-state index in [0.29, 0.717) is 10.0 Å². The van der Waals surface area contributed by atoms with Gasteiger partial charge < -0.3 is 10.4 Å². The van der Waals surface area contributed by atoms with E-state index in [1.165, 1.54) is 32.1 Å². The first kappa shape index (κ1) is 15.4. The summed E-state index contributed by atoms with van der Waals surface area (Å²) >= 11 is 3.30. The van der Waals surface area contributed by atoms with Crippen molar-refractivity contribution in [3.05, 3.63) is 28.2 Å². The zero-order valence-electron chi connectivity index (χ0n) is 11.9. The van der Waals surface area contributed by atoms with Crippen molar-refractivity contribution in [2.24, 2.45) is 11.8 Å².